The number of nitrogens with zero attached hydrogens (tertiary/aromatic N) is 1. The highest BCUT2D eigenvalue weighted by molar-refractivity contribution is 6.47. The molecule has 0 aliphatic carbocycles. The molecule has 0 unspecified atom stereocenters. The number of benzene rings is 6. The largest absolute Gasteiger partial charge is 0.427 e. The summed E-state index contributed by atoms with van der Waals surface area (Å²) in [7, 11) is 0.417. The van der Waals surface area contributed by atoms with Gasteiger partial charge in [-0.25, -0.2) is 0 Å². The number of hydrogen-bond donors (Lipinski definition) is 1. The van der Waals surface area contributed by atoms with E-state index in [0.717, 1.165) is 22.5 Å². The van der Waals surface area contributed by atoms with Gasteiger partial charge in [0.25, 0.3) is 0 Å². The zero-order valence-electron chi connectivity index (χ0n) is 27.0. The molecular formula is C42H40BNO2. The van der Waals surface area contributed by atoms with E-state index >= 15 is 0 Å². The predicted octanol–water partition coefficient (Wildman–Crippen LogP) is 9.70. The van der Waals surface area contributed by atoms with Crippen LogP contribution in [0.25, 0.3) is 33.4 Å². The normalized spacial score (nSPS) is 11.7. The van der Waals surface area contributed by atoms with Crippen molar-refractivity contribution < 1.29 is 9.76 Å². The van der Waals surface area contributed by atoms with Crippen LogP contribution < -0.4 is 10.4 Å². The van der Waals surface area contributed by atoms with Crippen molar-refractivity contribution in [1.29, 1.82) is 0 Å². The Hall–Kier alpha value is -4.90. The van der Waals surface area contributed by atoms with Crippen LogP contribution in [-0.4, -0.2) is 23.8 Å². The van der Waals surface area contributed by atoms with Crippen LogP contribution in [0.5, 0.6) is 0 Å². The van der Waals surface area contributed by atoms with Crippen molar-refractivity contribution >= 4 is 30.0 Å². The molecule has 0 heterocycles. The van der Waals surface area contributed by atoms with Crippen molar-refractivity contribution in [2.45, 2.75) is 38.9 Å². The second-order valence-corrected chi connectivity index (χ2v) is 12.8. The van der Waals surface area contributed by atoms with Gasteiger partial charge in [0.05, 0.1) is 11.2 Å². The monoisotopic (exact) mass is 601 g/mol. The molecule has 0 aliphatic heterocycles. The number of hydrogen-bond acceptors (Lipinski definition) is 3. The van der Waals surface area contributed by atoms with E-state index in [-0.39, 0.29) is 0 Å². The minimum atomic E-state index is -0.953. The maximum absolute atomic E-state index is 10.5. The van der Waals surface area contributed by atoms with Crippen LogP contribution in [-0.2, 0) is 4.65 Å². The molecule has 0 amide bonds. The van der Waals surface area contributed by atoms with Crippen molar-refractivity contribution in [2.75, 3.05) is 4.90 Å². The van der Waals surface area contributed by atoms with E-state index in [0.29, 0.717) is 7.48 Å². The lowest BCUT2D eigenvalue weighted by Crippen LogP contribution is -2.49. The van der Waals surface area contributed by atoms with Gasteiger partial charge in [0.2, 0.25) is 0 Å². The number of anilines is 3. The second-order valence-electron chi connectivity index (χ2n) is 12.8. The highest BCUT2D eigenvalue weighted by atomic mass is 16.5. The van der Waals surface area contributed by atoms with Gasteiger partial charge in [-0.2, -0.15) is 0 Å². The zero-order chi connectivity index (χ0) is 32.1. The lowest BCUT2D eigenvalue weighted by molar-refractivity contribution is -0.0893. The Bertz CT molecular complexity index is 1840. The molecule has 0 fully saturated rings. The highest BCUT2D eigenvalue weighted by Crippen LogP contribution is 2.37. The highest BCUT2D eigenvalue weighted by Gasteiger charge is 2.35. The average Bonchev–Trinajstić information content (AvgIpc) is 3.09. The first-order chi connectivity index (χ1) is 22.2. The van der Waals surface area contributed by atoms with Crippen molar-refractivity contribution in [2.24, 2.45) is 0 Å². The average molecular weight is 602 g/mol. The van der Waals surface area contributed by atoms with Gasteiger partial charge in [-0.3, -0.25) is 0 Å². The van der Waals surface area contributed by atoms with E-state index in [1.54, 1.807) is 13.8 Å². The van der Waals surface area contributed by atoms with E-state index in [2.05, 4.69) is 150 Å². The molecule has 228 valence electrons. The molecule has 0 radical (unpaired) electrons. The van der Waals surface area contributed by atoms with Crippen molar-refractivity contribution in [3.63, 3.8) is 0 Å². The molecule has 6 rings (SSSR count). The Morgan fingerprint density at radius 1 is 0.435 bits per heavy atom. The number of aliphatic hydroxyl groups is 1. The van der Waals surface area contributed by atoms with Gasteiger partial charge in [0.15, 0.2) is 0 Å². The summed E-state index contributed by atoms with van der Waals surface area (Å²) >= 11 is 0. The van der Waals surface area contributed by atoms with Gasteiger partial charge < -0.3 is 14.7 Å². The Morgan fingerprint density at radius 2 is 0.739 bits per heavy atom. The molecule has 0 spiro atoms. The summed E-state index contributed by atoms with van der Waals surface area (Å²) < 4.78 is 6.13. The van der Waals surface area contributed by atoms with E-state index in [1.807, 2.05) is 26.0 Å². The Kier molecular flexibility index (Phi) is 8.94. The predicted molar refractivity (Wildman–Crippen MR) is 196 cm³/mol. The molecular weight excluding hydrogens is 561 g/mol. The van der Waals surface area contributed by atoms with Crippen LogP contribution in [0.1, 0.15) is 27.7 Å². The van der Waals surface area contributed by atoms with E-state index in [4.69, 9.17) is 4.65 Å². The zero-order valence-corrected chi connectivity index (χ0v) is 27.0. The maximum atomic E-state index is 10.5. The quantitative estimate of drug-likeness (QED) is 0.159. The summed E-state index contributed by atoms with van der Waals surface area (Å²) in [5.41, 5.74) is 9.78. The first-order valence-corrected chi connectivity index (χ1v) is 15.8. The Labute approximate surface area is 274 Å². The number of rotatable bonds is 10. The first kappa shape index (κ1) is 31.1. The third kappa shape index (κ3) is 6.99. The fraction of sp³-hybridized carbons (Fsp3) is 0.143. The van der Waals surface area contributed by atoms with E-state index < -0.39 is 11.2 Å². The first-order valence-electron chi connectivity index (χ1n) is 15.8. The van der Waals surface area contributed by atoms with Gasteiger partial charge >= 0.3 is 7.48 Å². The van der Waals surface area contributed by atoms with Crippen LogP contribution in [0.4, 0.5) is 17.1 Å². The molecule has 0 saturated heterocycles. The maximum Gasteiger partial charge on any atom is 0.309 e. The van der Waals surface area contributed by atoms with Gasteiger partial charge in [-0.1, -0.05) is 127 Å². The van der Waals surface area contributed by atoms with Crippen LogP contribution in [0, 0.1) is 0 Å². The Balaban J connectivity index is 1.29. The Morgan fingerprint density at radius 3 is 1.09 bits per heavy atom. The smallest absolute Gasteiger partial charge is 0.309 e. The fourth-order valence-electron chi connectivity index (χ4n) is 5.35. The lowest BCUT2D eigenvalue weighted by Gasteiger charge is -2.37. The molecule has 46 heavy (non-hydrogen) atoms. The lowest BCUT2D eigenvalue weighted by atomic mass is 9.82. The van der Waals surface area contributed by atoms with E-state index in [9.17, 15) is 5.11 Å². The minimum Gasteiger partial charge on any atom is -0.427 e. The topological polar surface area (TPSA) is 32.7 Å². The summed E-state index contributed by atoms with van der Waals surface area (Å²) in [5.74, 6) is 0. The molecule has 1 N–H and O–H groups in total. The van der Waals surface area contributed by atoms with Crippen molar-refractivity contribution in [1.82, 2.24) is 0 Å². The molecule has 6 aromatic carbocycles. The molecule has 0 aromatic heterocycles. The molecule has 6 aromatic rings. The standard InChI is InChI=1S/C42H40BNO2/c1-41(2,45)42(3,4)46-43-37-23-29-40(30-24-37)44(38-25-19-35(20-26-38)32-13-9-6-10-14-32)39-27-21-36(22-28-39)34-17-15-33(16-18-34)31-11-7-5-8-12-31/h5-30,43,45H,1-4H3. The van der Waals surface area contributed by atoms with Gasteiger partial charge in [0.1, 0.15) is 0 Å². The SMILES string of the molecule is CC(C)(O)C(C)(C)OBc1ccc(N(c2ccc(-c3ccccc3)cc2)c2ccc(-c3ccc(-c4ccccc4)cc3)cc2)cc1. The molecule has 0 atom stereocenters. The molecule has 0 bridgehead atoms. The third-order valence-corrected chi connectivity index (χ3v) is 8.95. The molecule has 0 saturated carbocycles. The molecule has 0 aliphatic rings. The minimum absolute atomic E-state index is 0.417. The van der Waals surface area contributed by atoms with Crippen molar-refractivity contribution in [3.8, 4) is 33.4 Å². The van der Waals surface area contributed by atoms with Gasteiger partial charge in [0, 0.05) is 17.1 Å². The third-order valence-electron chi connectivity index (χ3n) is 8.95. The summed E-state index contributed by atoms with van der Waals surface area (Å²) in [4.78, 5) is 2.28. The van der Waals surface area contributed by atoms with Gasteiger partial charge in [-0.05, 0) is 97.5 Å². The second kappa shape index (κ2) is 13.2. The van der Waals surface area contributed by atoms with Crippen molar-refractivity contribution in [3.05, 3.63) is 158 Å². The summed E-state index contributed by atoms with van der Waals surface area (Å²) in [5, 5.41) is 10.5. The fourth-order valence-corrected chi connectivity index (χ4v) is 5.35. The summed E-state index contributed by atoms with van der Waals surface area (Å²) in [6.45, 7) is 7.40. The van der Waals surface area contributed by atoms with Crippen LogP contribution in [0.15, 0.2) is 158 Å². The summed E-state index contributed by atoms with van der Waals surface area (Å²) in [6, 6.07) is 55.7. The van der Waals surface area contributed by atoms with Crippen LogP contribution in [0.3, 0.4) is 0 Å². The van der Waals surface area contributed by atoms with E-state index in [1.165, 1.54) is 33.4 Å². The van der Waals surface area contributed by atoms with Gasteiger partial charge in [-0.15, -0.1) is 0 Å². The van der Waals surface area contributed by atoms with Crippen LogP contribution >= 0.6 is 0 Å². The van der Waals surface area contributed by atoms with Crippen LogP contribution in [0.2, 0.25) is 0 Å². The summed E-state index contributed by atoms with van der Waals surface area (Å²) in [6.07, 6.45) is 0. The molecule has 3 nitrogen and oxygen atoms in total. The molecule has 4 heteroatoms.